The second kappa shape index (κ2) is 4.98. The molecule has 94 valence electrons. The van der Waals surface area contributed by atoms with Crippen LogP contribution >= 0.6 is 15.9 Å². The average molecular weight is 305 g/mol. The molecule has 1 saturated carbocycles. The maximum atomic E-state index is 4.85. The van der Waals surface area contributed by atoms with Crippen LogP contribution in [-0.4, -0.2) is 11.5 Å². The van der Waals surface area contributed by atoms with Crippen LogP contribution in [0.3, 0.4) is 0 Å². The lowest BCUT2D eigenvalue weighted by Gasteiger charge is -2.18. The second-order valence-electron chi connectivity index (χ2n) is 4.92. The Morgan fingerprint density at radius 2 is 2.17 bits per heavy atom. The van der Waals surface area contributed by atoms with Crippen LogP contribution in [0.4, 0.5) is 0 Å². The summed E-state index contributed by atoms with van der Waals surface area (Å²) in [6.45, 7) is 3.15. The van der Waals surface area contributed by atoms with E-state index in [0.29, 0.717) is 6.04 Å². The van der Waals surface area contributed by atoms with Crippen LogP contribution in [0.25, 0.3) is 10.9 Å². The van der Waals surface area contributed by atoms with Gasteiger partial charge in [-0.2, -0.15) is 0 Å². The lowest BCUT2D eigenvalue weighted by Crippen LogP contribution is -2.24. The summed E-state index contributed by atoms with van der Waals surface area (Å²) < 4.78 is 1.12. The predicted molar refractivity (Wildman–Crippen MR) is 78.6 cm³/mol. The van der Waals surface area contributed by atoms with Crippen molar-refractivity contribution in [2.75, 3.05) is 6.54 Å². The Morgan fingerprint density at radius 1 is 1.39 bits per heavy atom. The van der Waals surface area contributed by atoms with Crippen LogP contribution in [0.5, 0.6) is 0 Å². The van der Waals surface area contributed by atoms with Crippen molar-refractivity contribution in [3.63, 3.8) is 0 Å². The quantitative estimate of drug-likeness (QED) is 0.921. The summed E-state index contributed by atoms with van der Waals surface area (Å²) in [5, 5.41) is 4.77. The third kappa shape index (κ3) is 2.29. The largest absolute Gasteiger partial charge is 0.309 e. The van der Waals surface area contributed by atoms with Gasteiger partial charge >= 0.3 is 0 Å². The number of nitrogens with zero attached hydrogens (tertiary/aromatic N) is 1. The van der Waals surface area contributed by atoms with E-state index in [1.165, 1.54) is 18.2 Å². The van der Waals surface area contributed by atoms with Gasteiger partial charge in [0, 0.05) is 9.86 Å². The Hall–Kier alpha value is -0.930. The minimum atomic E-state index is 0.397. The normalized spacial score (nSPS) is 17.0. The van der Waals surface area contributed by atoms with Crippen molar-refractivity contribution in [1.29, 1.82) is 0 Å². The van der Waals surface area contributed by atoms with E-state index in [-0.39, 0.29) is 0 Å². The molecule has 2 nitrogen and oxygen atoms in total. The highest BCUT2D eigenvalue weighted by molar-refractivity contribution is 9.10. The van der Waals surface area contributed by atoms with E-state index in [9.17, 15) is 0 Å². The van der Waals surface area contributed by atoms with Gasteiger partial charge in [0.1, 0.15) is 0 Å². The SMILES string of the molecule is CCNC(c1nc2ccccc2cc1Br)C1CC1. The van der Waals surface area contributed by atoms with Crippen LogP contribution in [0.2, 0.25) is 0 Å². The van der Waals surface area contributed by atoms with Gasteiger partial charge in [0.05, 0.1) is 17.3 Å². The molecule has 1 aromatic carbocycles. The number of nitrogens with one attached hydrogen (secondary N) is 1. The molecule has 1 unspecified atom stereocenters. The summed E-state index contributed by atoms with van der Waals surface area (Å²) >= 11 is 3.68. The van der Waals surface area contributed by atoms with Crippen molar-refractivity contribution < 1.29 is 0 Å². The van der Waals surface area contributed by atoms with E-state index < -0.39 is 0 Å². The second-order valence-corrected chi connectivity index (χ2v) is 5.78. The predicted octanol–water partition coefficient (Wildman–Crippen LogP) is 4.06. The number of aromatic nitrogens is 1. The van der Waals surface area contributed by atoms with Crippen LogP contribution in [0.1, 0.15) is 31.5 Å². The molecular weight excluding hydrogens is 288 g/mol. The first kappa shape index (κ1) is 12.1. The highest BCUT2D eigenvalue weighted by atomic mass is 79.9. The monoisotopic (exact) mass is 304 g/mol. The Morgan fingerprint density at radius 3 is 2.89 bits per heavy atom. The van der Waals surface area contributed by atoms with E-state index in [1.54, 1.807) is 0 Å². The molecule has 2 aromatic rings. The molecular formula is C15H17BrN2. The van der Waals surface area contributed by atoms with E-state index >= 15 is 0 Å². The van der Waals surface area contributed by atoms with Gasteiger partial charge in [0.15, 0.2) is 0 Å². The third-order valence-electron chi connectivity index (χ3n) is 3.52. The van der Waals surface area contributed by atoms with Crippen LogP contribution in [-0.2, 0) is 0 Å². The molecule has 3 heteroatoms. The van der Waals surface area contributed by atoms with Gasteiger partial charge in [-0.25, -0.2) is 4.98 Å². The van der Waals surface area contributed by atoms with E-state index in [0.717, 1.165) is 28.1 Å². The fourth-order valence-electron chi connectivity index (χ4n) is 2.46. The third-order valence-corrected chi connectivity index (χ3v) is 4.15. The number of hydrogen-bond acceptors (Lipinski definition) is 2. The van der Waals surface area contributed by atoms with Crippen molar-refractivity contribution in [3.05, 3.63) is 40.5 Å². The fourth-order valence-corrected chi connectivity index (χ4v) is 3.04. The van der Waals surface area contributed by atoms with Crippen molar-refractivity contribution in [2.45, 2.75) is 25.8 Å². The zero-order chi connectivity index (χ0) is 12.5. The molecule has 18 heavy (non-hydrogen) atoms. The molecule has 0 amide bonds. The van der Waals surface area contributed by atoms with Gasteiger partial charge < -0.3 is 5.32 Å². The number of fused-ring (bicyclic) bond motifs is 1. The average Bonchev–Trinajstić information content (AvgIpc) is 3.20. The summed E-state index contributed by atoms with van der Waals surface area (Å²) in [6, 6.07) is 10.9. The minimum Gasteiger partial charge on any atom is -0.309 e. The summed E-state index contributed by atoms with van der Waals surface area (Å²) in [4.78, 5) is 4.85. The minimum absolute atomic E-state index is 0.397. The van der Waals surface area contributed by atoms with Crippen LogP contribution in [0, 0.1) is 5.92 Å². The molecule has 1 N–H and O–H groups in total. The molecule has 0 saturated heterocycles. The molecule has 1 fully saturated rings. The Kier molecular flexibility index (Phi) is 3.35. The summed E-state index contributed by atoms with van der Waals surface area (Å²) in [5.74, 6) is 0.759. The van der Waals surface area contributed by atoms with Crippen molar-refractivity contribution in [3.8, 4) is 0 Å². The molecule has 0 radical (unpaired) electrons. The topological polar surface area (TPSA) is 24.9 Å². The lowest BCUT2D eigenvalue weighted by atomic mass is 10.1. The molecule has 0 bridgehead atoms. The van der Waals surface area contributed by atoms with Gasteiger partial charge in [-0.3, -0.25) is 0 Å². The first-order valence-corrected chi connectivity index (χ1v) is 7.37. The van der Waals surface area contributed by atoms with E-state index in [4.69, 9.17) is 4.98 Å². The number of rotatable bonds is 4. The number of halogens is 1. The molecule has 3 rings (SSSR count). The molecule has 1 atom stereocenters. The number of benzene rings is 1. The Labute approximate surface area is 116 Å². The number of hydrogen-bond donors (Lipinski definition) is 1. The van der Waals surface area contributed by atoms with Crippen molar-refractivity contribution in [1.82, 2.24) is 10.3 Å². The molecule has 0 aliphatic heterocycles. The van der Waals surface area contributed by atoms with Gasteiger partial charge in [0.25, 0.3) is 0 Å². The Bertz CT molecular complexity index is 563. The molecule has 1 heterocycles. The van der Waals surface area contributed by atoms with Crippen LogP contribution < -0.4 is 5.32 Å². The molecule has 1 aromatic heterocycles. The van der Waals surface area contributed by atoms with Crippen molar-refractivity contribution >= 4 is 26.8 Å². The Balaban J connectivity index is 2.06. The smallest absolute Gasteiger partial charge is 0.0725 e. The van der Waals surface area contributed by atoms with Gasteiger partial charge in [-0.05, 0) is 53.4 Å². The van der Waals surface area contributed by atoms with Gasteiger partial charge in [-0.1, -0.05) is 25.1 Å². The molecule has 0 spiro atoms. The highest BCUT2D eigenvalue weighted by Crippen LogP contribution is 2.42. The lowest BCUT2D eigenvalue weighted by molar-refractivity contribution is 0.484. The zero-order valence-electron chi connectivity index (χ0n) is 10.5. The van der Waals surface area contributed by atoms with Gasteiger partial charge in [0.2, 0.25) is 0 Å². The maximum absolute atomic E-state index is 4.85. The zero-order valence-corrected chi connectivity index (χ0v) is 12.1. The molecule has 1 aliphatic rings. The fraction of sp³-hybridized carbons (Fsp3) is 0.400. The number of pyridine rings is 1. The first-order chi connectivity index (χ1) is 8.79. The summed E-state index contributed by atoms with van der Waals surface area (Å²) in [5.41, 5.74) is 2.25. The number of para-hydroxylation sites is 1. The standard InChI is InChI=1S/C15H17BrN2/c1-2-17-14(10-7-8-10)15-12(16)9-11-5-3-4-6-13(11)18-15/h3-6,9-10,14,17H,2,7-8H2,1H3. The summed E-state index contributed by atoms with van der Waals surface area (Å²) in [6.07, 6.45) is 2.64. The van der Waals surface area contributed by atoms with E-state index in [1.807, 2.05) is 6.07 Å². The van der Waals surface area contributed by atoms with Crippen LogP contribution in [0.15, 0.2) is 34.8 Å². The van der Waals surface area contributed by atoms with E-state index in [2.05, 4.69) is 52.4 Å². The van der Waals surface area contributed by atoms with Crippen molar-refractivity contribution in [2.24, 2.45) is 5.92 Å². The van der Waals surface area contributed by atoms with Gasteiger partial charge in [-0.15, -0.1) is 0 Å². The summed E-state index contributed by atoms with van der Waals surface area (Å²) in [7, 11) is 0. The molecule has 1 aliphatic carbocycles. The maximum Gasteiger partial charge on any atom is 0.0725 e. The highest BCUT2D eigenvalue weighted by Gasteiger charge is 2.33. The first-order valence-electron chi connectivity index (χ1n) is 6.58.